The fourth-order valence-corrected chi connectivity index (χ4v) is 1.88. The zero-order chi connectivity index (χ0) is 9.61. The molecule has 0 aromatic carbocycles. The van der Waals surface area contributed by atoms with Crippen molar-refractivity contribution in [2.45, 2.75) is 57.8 Å². The van der Waals surface area contributed by atoms with Crippen LogP contribution in [0.15, 0.2) is 0 Å². The highest BCUT2D eigenvalue weighted by Crippen LogP contribution is 2.24. The van der Waals surface area contributed by atoms with Gasteiger partial charge in [-0.05, 0) is 25.5 Å². The molecule has 1 N–H and O–H groups in total. The van der Waals surface area contributed by atoms with Crippen LogP contribution in [0.25, 0.3) is 0 Å². The first kappa shape index (κ1) is 12.3. The van der Waals surface area contributed by atoms with Crippen LogP contribution in [0.4, 0.5) is 0 Å². The highest BCUT2D eigenvalue weighted by Gasteiger charge is 2.09. The molecule has 2 heteroatoms. The van der Waals surface area contributed by atoms with Gasteiger partial charge in [0.2, 0.25) is 0 Å². The molecule has 1 nitrogen and oxygen atoms in total. The van der Waals surface area contributed by atoms with E-state index in [1.54, 1.807) is 0 Å². The van der Waals surface area contributed by atoms with Gasteiger partial charge in [-0.1, -0.05) is 27.2 Å². The Labute approximate surface area is 80.9 Å². The van der Waals surface area contributed by atoms with Crippen molar-refractivity contribution in [3.63, 3.8) is 0 Å². The summed E-state index contributed by atoms with van der Waals surface area (Å²) in [5, 5.41) is 9.00. The van der Waals surface area contributed by atoms with Crippen LogP contribution in [0.3, 0.4) is 0 Å². The Bertz CT molecular complexity index is 105. The summed E-state index contributed by atoms with van der Waals surface area (Å²) in [6.07, 6.45) is 3.21. The summed E-state index contributed by atoms with van der Waals surface area (Å²) in [6.45, 7) is 8.59. The molecular weight excluding hydrogens is 168 g/mol. The molecule has 0 saturated heterocycles. The highest BCUT2D eigenvalue weighted by atomic mass is 32.2. The van der Waals surface area contributed by atoms with Gasteiger partial charge in [-0.2, -0.15) is 11.8 Å². The van der Waals surface area contributed by atoms with E-state index in [1.165, 1.54) is 12.2 Å². The SMILES string of the molecule is CC(O)CCCCSC(C)(C)C. The van der Waals surface area contributed by atoms with Crippen molar-refractivity contribution < 1.29 is 5.11 Å². The number of hydrogen-bond donors (Lipinski definition) is 1. The topological polar surface area (TPSA) is 20.2 Å². The van der Waals surface area contributed by atoms with Crippen LogP contribution in [0, 0.1) is 0 Å². The third-order valence-corrected chi connectivity index (χ3v) is 2.91. The van der Waals surface area contributed by atoms with E-state index in [2.05, 4.69) is 20.8 Å². The summed E-state index contributed by atoms with van der Waals surface area (Å²) in [7, 11) is 0. The normalized spacial score (nSPS) is 14.8. The monoisotopic (exact) mass is 190 g/mol. The van der Waals surface area contributed by atoms with Crippen LogP contribution in [0.1, 0.15) is 47.0 Å². The van der Waals surface area contributed by atoms with E-state index in [0.29, 0.717) is 4.75 Å². The average Bonchev–Trinajstić information content (AvgIpc) is 1.83. The number of aliphatic hydroxyl groups is 1. The Hall–Kier alpha value is 0.310. The fourth-order valence-electron chi connectivity index (χ4n) is 0.920. The average molecular weight is 190 g/mol. The zero-order valence-electron chi connectivity index (χ0n) is 8.76. The Kier molecular flexibility index (Phi) is 6.02. The fraction of sp³-hybridized carbons (Fsp3) is 1.00. The molecule has 0 amide bonds. The lowest BCUT2D eigenvalue weighted by atomic mass is 10.2. The van der Waals surface area contributed by atoms with Crippen molar-refractivity contribution in [1.82, 2.24) is 0 Å². The maximum absolute atomic E-state index is 9.00. The van der Waals surface area contributed by atoms with Crippen molar-refractivity contribution in [1.29, 1.82) is 0 Å². The Morgan fingerprint density at radius 2 is 1.83 bits per heavy atom. The second-order valence-corrected chi connectivity index (χ2v) is 6.23. The predicted molar refractivity (Wildman–Crippen MR) is 57.7 cm³/mol. The number of aliphatic hydroxyl groups excluding tert-OH is 1. The third-order valence-electron chi connectivity index (χ3n) is 1.55. The highest BCUT2D eigenvalue weighted by molar-refractivity contribution is 8.00. The zero-order valence-corrected chi connectivity index (χ0v) is 9.58. The molecule has 74 valence electrons. The van der Waals surface area contributed by atoms with Gasteiger partial charge in [0.05, 0.1) is 6.10 Å². The van der Waals surface area contributed by atoms with Gasteiger partial charge < -0.3 is 5.11 Å². The molecule has 0 radical (unpaired) electrons. The van der Waals surface area contributed by atoms with Crippen molar-refractivity contribution in [3.8, 4) is 0 Å². The van der Waals surface area contributed by atoms with E-state index in [9.17, 15) is 0 Å². The molecule has 0 aliphatic rings. The van der Waals surface area contributed by atoms with Gasteiger partial charge in [-0.3, -0.25) is 0 Å². The van der Waals surface area contributed by atoms with Crippen LogP contribution < -0.4 is 0 Å². The summed E-state index contributed by atoms with van der Waals surface area (Å²) < 4.78 is 0.394. The van der Waals surface area contributed by atoms with E-state index < -0.39 is 0 Å². The summed E-state index contributed by atoms with van der Waals surface area (Å²) in [5.41, 5.74) is 0. The number of thioether (sulfide) groups is 1. The lowest BCUT2D eigenvalue weighted by Gasteiger charge is -2.17. The molecule has 0 fully saturated rings. The molecule has 0 spiro atoms. The number of hydrogen-bond acceptors (Lipinski definition) is 2. The smallest absolute Gasteiger partial charge is 0.0512 e. The van der Waals surface area contributed by atoms with Crippen molar-refractivity contribution in [3.05, 3.63) is 0 Å². The second-order valence-electron chi connectivity index (χ2n) is 4.31. The number of rotatable bonds is 5. The van der Waals surface area contributed by atoms with Gasteiger partial charge >= 0.3 is 0 Å². The predicted octanol–water partition coefficient (Wildman–Crippen LogP) is 3.07. The molecule has 0 aromatic rings. The number of unbranched alkanes of at least 4 members (excludes halogenated alkanes) is 1. The van der Waals surface area contributed by atoms with Gasteiger partial charge in [0.15, 0.2) is 0 Å². The maximum Gasteiger partial charge on any atom is 0.0512 e. The lowest BCUT2D eigenvalue weighted by Crippen LogP contribution is -2.08. The minimum Gasteiger partial charge on any atom is -0.393 e. The first-order valence-electron chi connectivity index (χ1n) is 4.74. The van der Waals surface area contributed by atoms with Crippen LogP contribution >= 0.6 is 11.8 Å². The van der Waals surface area contributed by atoms with Gasteiger partial charge in [0, 0.05) is 4.75 Å². The first-order valence-corrected chi connectivity index (χ1v) is 5.72. The van der Waals surface area contributed by atoms with Gasteiger partial charge in [-0.15, -0.1) is 0 Å². The lowest BCUT2D eigenvalue weighted by molar-refractivity contribution is 0.181. The molecule has 0 heterocycles. The van der Waals surface area contributed by atoms with E-state index in [4.69, 9.17) is 5.11 Å². The quantitative estimate of drug-likeness (QED) is 0.672. The van der Waals surface area contributed by atoms with E-state index in [-0.39, 0.29) is 6.10 Å². The summed E-state index contributed by atoms with van der Waals surface area (Å²) in [4.78, 5) is 0. The van der Waals surface area contributed by atoms with E-state index >= 15 is 0 Å². The minimum absolute atomic E-state index is 0.121. The molecular formula is C10H22OS. The van der Waals surface area contributed by atoms with Crippen LogP contribution in [0.2, 0.25) is 0 Å². The van der Waals surface area contributed by atoms with Gasteiger partial charge in [-0.25, -0.2) is 0 Å². The molecule has 1 unspecified atom stereocenters. The van der Waals surface area contributed by atoms with E-state index in [0.717, 1.165) is 12.8 Å². The van der Waals surface area contributed by atoms with Crippen LogP contribution in [-0.2, 0) is 0 Å². The van der Waals surface area contributed by atoms with E-state index in [1.807, 2.05) is 18.7 Å². The summed E-state index contributed by atoms with van der Waals surface area (Å²) in [6, 6.07) is 0. The van der Waals surface area contributed by atoms with Crippen molar-refractivity contribution in [2.24, 2.45) is 0 Å². The third kappa shape index (κ3) is 10.3. The van der Waals surface area contributed by atoms with Gasteiger partial charge in [0.1, 0.15) is 0 Å². The first-order chi connectivity index (χ1) is 5.42. The second kappa shape index (κ2) is 5.87. The molecule has 0 bridgehead atoms. The Balaban J connectivity index is 3.12. The van der Waals surface area contributed by atoms with Crippen molar-refractivity contribution >= 4 is 11.8 Å². The summed E-state index contributed by atoms with van der Waals surface area (Å²) >= 11 is 2.00. The van der Waals surface area contributed by atoms with Crippen molar-refractivity contribution in [2.75, 3.05) is 5.75 Å². The maximum atomic E-state index is 9.00. The van der Waals surface area contributed by atoms with Gasteiger partial charge in [0.25, 0.3) is 0 Å². The molecule has 12 heavy (non-hydrogen) atoms. The Morgan fingerprint density at radius 3 is 2.25 bits per heavy atom. The molecule has 0 aliphatic carbocycles. The summed E-state index contributed by atoms with van der Waals surface area (Å²) in [5.74, 6) is 1.22. The molecule has 0 aromatic heterocycles. The largest absolute Gasteiger partial charge is 0.393 e. The minimum atomic E-state index is -0.121. The molecule has 0 rings (SSSR count). The molecule has 0 saturated carbocycles. The molecule has 0 aliphatic heterocycles. The van der Waals surface area contributed by atoms with Crippen LogP contribution in [-0.4, -0.2) is 21.7 Å². The Morgan fingerprint density at radius 1 is 1.25 bits per heavy atom. The molecule has 1 atom stereocenters. The van der Waals surface area contributed by atoms with Crippen LogP contribution in [0.5, 0.6) is 0 Å². The standard InChI is InChI=1S/C10H22OS/c1-9(11)7-5-6-8-12-10(2,3)4/h9,11H,5-8H2,1-4H3.